The van der Waals surface area contributed by atoms with E-state index in [0.29, 0.717) is 24.3 Å². The molecule has 0 saturated heterocycles. The Hall–Kier alpha value is -2.61. The van der Waals surface area contributed by atoms with Gasteiger partial charge in [-0.3, -0.25) is 4.79 Å². The Morgan fingerprint density at radius 1 is 1.50 bits per heavy atom. The zero-order valence-electron chi connectivity index (χ0n) is 11.1. The molecule has 1 heterocycles. The number of hydrogen-bond acceptors (Lipinski definition) is 4. The number of pyridine rings is 1. The summed E-state index contributed by atoms with van der Waals surface area (Å²) in [5, 5.41) is 21.9. The molecule has 5 nitrogen and oxygen atoms in total. The number of nitriles is 1. The first-order valence-electron chi connectivity index (χ1n) is 6.38. The van der Waals surface area contributed by atoms with E-state index in [9.17, 15) is 4.79 Å². The van der Waals surface area contributed by atoms with E-state index < -0.39 is 11.9 Å². The molecule has 1 atom stereocenters. The zero-order valence-corrected chi connectivity index (χ0v) is 11.1. The molecule has 0 aliphatic carbocycles. The lowest BCUT2D eigenvalue weighted by atomic mass is 10.1. The van der Waals surface area contributed by atoms with Gasteiger partial charge in [0.25, 0.3) is 0 Å². The molecule has 0 amide bonds. The molecule has 1 aromatic heterocycles. The summed E-state index contributed by atoms with van der Waals surface area (Å²) < 4.78 is 0. The second kappa shape index (κ2) is 6.02. The fraction of sp³-hybridized carbons (Fsp3) is 0.267. The maximum absolute atomic E-state index is 10.7. The maximum atomic E-state index is 10.7. The van der Waals surface area contributed by atoms with Gasteiger partial charge in [0.1, 0.15) is 5.82 Å². The van der Waals surface area contributed by atoms with Crippen LogP contribution in [0.15, 0.2) is 30.3 Å². The van der Waals surface area contributed by atoms with Gasteiger partial charge in [0.2, 0.25) is 0 Å². The number of carboxylic acid groups (broad SMARTS) is 1. The number of carboxylic acids is 1. The number of aliphatic carboxylic acids is 1. The summed E-state index contributed by atoms with van der Waals surface area (Å²) in [6, 6.07) is 11.3. The van der Waals surface area contributed by atoms with Crippen LogP contribution in [0.3, 0.4) is 0 Å². The van der Waals surface area contributed by atoms with Gasteiger partial charge in [-0.05, 0) is 18.6 Å². The monoisotopic (exact) mass is 269 g/mol. The average Bonchev–Trinajstić information content (AvgIpc) is 2.46. The Morgan fingerprint density at radius 3 is 2.95 bits per heavy atom. The standard InChI is InChI=1S/C15H15N3O2/c1-10(15(19)20)6-7-17-14-8-11(9-16)12-4-2-3-5-13(12)18-14/h2-5,8,10H,6-7H2,1H3,(H,17,18)(H,19,20). The normalized spacial score (nSPS) is 11.8. The van der Waals surface area contributed by atoms with E-state index in [0.717, 1.165) is 10.9 Å². The van der Waals surface area contributed by atoms with Crippen molar-refractivity contribution in [2.45, 2.75) is 13.3 Å². The first-order valence-corrected chi connectivity index (χ1v) is 6.38. The van der Waals surface area contributed by atoms with Crippen LogP contribution in [0.4, 0.5) is 5.82 Å². The maximum Gasteiger partial charge on any atom is 0.306 e. The molecule has 0 bridgehead atoms. The van der Waals surface area contributed by atoms with E-state index in [1.54, 1.807) is 13.0 Å². The fourth-order valence-corrected chi connectivity index (χ4v) is 1.90. The SMILES string of the molecule is CC(CCNc1cc(C#N)c2ccccc2n1)C(=O)O. The second-order valence-electron chi connectivity index (χ2n) is 4.64. The summed E-state index contributed by atoms with van der Waals surface area (Å²) in [7, 11) is 0. The van der Waals surface area contributed by atoms with Gasteiger partial charge in [-0.1, -0.05) is 25.1 Å². The molecular weight excluding hydrogens is 254 g/mol. The minimum Gasteiger partial charge on any atom is -0.481 e. The molecule has 0 aliphatic heterocycles. The molecule has 0 aliphatic rings. The Kier molecular flexibility index (Phi) is 4.16. The van der Waals surface area contributed by atoms with Crippen LogP contribution in [0.1, 0.15) is 18.9 Å². The number of nitrogens with zero attached hydrogens (tertiary/aromatic N) is 2. The lowest BCUT2D eigenvalue weighted by Crippen LogP contribution is -2.14. The highest BCUT2D eigenvalue weighted by Gasteiger charge is 2.10. The van der Waals surface area contributed by atoms with Gasteiger partial charge in [0.05, 0.1) is 23.1 Å². The highest BCUT2D eigenvalue weighted by molar-refractivity contribution is 5.86. The average molecular weight is 269 g/mol. The molecule has 102 valence electrons. The largest absolute Gasteiger partial charge is 0.481 e. The Balaban J connectivity index is 2.15. The van der Waals surface area contributed by atoms with Crippen LogP contribution in [0.5, 0.6) is 0 Å². The van der Waals surface area contributed by atoms with Gasteiger partial charge in [-0.2, -0.15) is 5.26 Å². The Morgan fingerprint density at radius 2 is 2.25 bits per heavy atom. The van der Waals surface area contributed by atoms with Gasteiger partial charge >= 0.3 is 5.97 Å². The molecule has 0 fully saturated rings. The van der Waals surface area contributed by atoms with Crippen molar-refractivity contribution in [2.75, 3.05) is 11.9 Å². The summed E-state index contributed by atoms with van der Waals surface area (Å²) in [4.78, 5) is 15.1. The quantitative estimate of drug-likeness (QED) is 0.871. The molecular formula is C15H15N3O2. The van der Waals surface area contributed by atoms with Crippen molar-refractivity contribution in [1.29, 1.82) is 5.26 Å². The predicted octanol–water partition coefficient (Wildman–Crippen LogP) is 2.63. The highest BCUT2D eigenvalue weighted by atomic mass is 16.4. The van der Waals surface area contributed by atoms with Crippen molar-refractivity contribution in [3.63, 3.8) is 0 Å². The van der Waals surface area contributed by atoms with Crippen LogP contribution in [0.2, 0.25) is 0 Å². The van der Waals surface area contributed by atoms with Crippen LogP contribution < -0.4 is 5.32 Å². The summed E-state index contributed by atoms with van der Waals surface area (Å²) in [6.45, 7) is 2.17. The van der Waals surface area contributed by atoms with Gasteiger partial charge in [-0.25, -0.2) is 4.98 Å². The zero-order chi connectivity index (χ0) is 14.5. The number of anilines is 1. The van der Waals surface area contributed by atoms with E-state index in [1.807, 2.05) is 24.3 Å². The Labute approximate surface area is 116 Å². The number of aromatic nitrogens is 1. The number of hydrogen-bond donors (Lipinski definition) is 2. The molecule has 0 radical (unpaired) electrons. The number of benzene rings is 1. The lowest BCUT2D eigenvalue weighted by Gasteiger charge is -2.09. The van der Waals surface area contributed by atoms with Crippen LogP contribution in [-0.4, -0.2) is 22.6 Å². The van der Waals surface area contributed by atoms with Crippen molar-refractivity contribution < 1.29 is 9.90 Å². The van der Waals surface area contributed by atoms with Gasteiger partial charge in [0.15, 0.2) is 0 Å². The van der Waals surface area contributed by atoms with Crippen molar-refractivity contribution in [3.8, 4) is 6.07 Å². The van der Waals surface area contributed by atoms with E-state index in [1.165, 1.54) is 0 Å². The number of para-hydroxylation sites is 1. The molecule has 1 unspecified atom stereocenters. The molecule has 2 aromatic rings. The minimum absolute atomic E-state index is 0.404. The van der Waals surface area contributed by atoms with Crippen LogP contribution >= 0.6 is 0 Å². The van der Waals surface area contributed by atoms with E-state index in [2.05, 4.69) is 16.4 Å². The van der Waals surface area contributed by atoms with Crippen LogP contribution in [0.25, 0.3) is 10.9 Å². The minimum atomic E-state index is -0.809. The summed E-state index contributed by atoms with van der Waals surface area (Å²) in [6.07, 6.45) is 0.506. The highest BCUT2D eigenvalue weighted by Crippen LogP contribution is 2.20. The number of rotatable bonds is 5. The summed E-state index contributed by atoms with van der Waals surface area (Å²) in [5.41, 5.74) is 1.31. The number of fused-ring (bicyclic) bond motifs is 1. The topological polar surface area (TPSA) is 86.0 Å². The van der Waals surface area contributed by atoms with Crippen molar-refractivity contribution in [1.82, 2.24) is 4.98 Å². The third-order valence-electron chi connectivity index (χ3n) is 3.14. The molecule has 5 heteroatoms. The first-order chi connectivity index (χ1) is 9.61. The summed E-state index contributed by atoms with van der Waals surface area (Å²) >= 11 is 0. The third-order valence-corrected chi connectivity index (χ3v) is 3.14. The molecule has 2 N–H and O–H groups in total. The van der Waals surface area contributed by atoms with Crippen molar-refractivity contribution in [3.05, 3.63) is 35.9 Å². The molecule has 2 rings (SSSR count). The van der Waals surface area contributed by atoms with Crippen LogP contribution in [-0.2, 0) is 4.79 Å². The predicted molar refractivity (Wildman–Crippen MR) is 76.4 cm³/mol. The molecule has 0 spiro atoms. The van der Waals surface area contributed by atoms with Gasteiger partial charge < -0.3 is 10.4 Å². The smallest absolute Gasteiger partial charge is 0.306 e. The van der Waals surface area contributed by atoms with E-state index >= 15 is 0 Å². The van der Waals surface area contributed by atoms with Gasteiger partial charge in [-0.15, -0.1) is 0 Å². The molecule has 20 heavy (non-hydrogen) atoms. The first kappa shape index (κ1) is 13.8. The molecule has 1 aromatic carbocycles. The second-order valence-corrected chi connectivity index (χ2v) is 4.64. The van der Waals surface area contributed by atoms with Gasteiger partial charge in [0, 0.05) is 11.9 Å². The summed E-state index contributed by atoms with van der Waals surface area (Å²) in [5.74, 6) is -0.618. The van der Waals surface area contributed by atoms with Crippen molar-refractivity contribution >= 4 is 22.7 Å². The fourth-order valence-electron chi connectivity index (χ4n) is 1.90. The number of nitrogens with one attached hydrogen (secondary N) is 1. The third kappa shape index (κ3) is 3.04. The van der Waals surface area contributed by atoms with E-state index in [4.69, 9.17) is 10.4 Å². The van der Waals surface area contributed by atoms with Crippen LogP contribution in [0, 0.1) is 17.2 Å². The number of carbonyl (C=O) groups is 1. The Bertz CT molecular complexity index is 676. The lowest BCUT2D eigenvalue weighted by molar-refractivity contribution is -0.141. The van der Waals surface area contributed by atoms with E-state index in [-0.39, 0.29) is 0 Å². The van der Waals surface area contributed by atoms with Crippen molar-refractivity contribution in [2.24, 2.45) is 5.92 Å². The molecule has 0 saturated carbocycles.